The summed E-state index contributed by atoms with van der Waals surface area (Å²) in [5.74, 6) is -15.5. The van der Waals surface area contributed by atoms with Gasteiger partial charge in [0.1, 0.15) is 0 Å². The van der Waals surface area contributed by atoms with Gasteiger partial charge in [0.05, 0.1) is 33.4 Å². The van der Waals surface area contributed by atoms with Crippen molar-refractivity contribution >= 4 is 47.8 Å². The summed E-state index contributed by atoms with van der Waals surface area (Å²) >= 11 is 0. The summed E-state index contributed by atoms with van der Waals surface area (Å²) in [6.45, 7) is 5.92. The van der Waals surface area contributed by atoms with E-state index in [0.29, 0.717) is 0 Å². The molecule has 8 N–H and O–H groups in total. The number of aromatic carboxylic acids is 6. The summed E-state index contributed by atoms with van der Waals surface area (Å²) in [6.07, 6.45) is 1.67. The van der Waals surface area contributed by atoms with Gasteiger partial charge in [0.25, 0.3) is 0 Å². The Morgan fingerprint density at radius 3 is 0.500 bits per heavy atom. The van der Waals surface area contributed by atoms with E-state index in [4.69, 9.17) is 40.9 Å². The highest BCUT2D eigenvalue weighted by molar-refractivity contribution is 6.22. The highest BCUT2D eigenvalue weighted by Gasteiger charge is 2.40. The monoisotopic (exact) mass is 486 g/mol. The van der Waals surface area contributed by atoms with Gasteiger partial charge in [0.15, 0.2) is 0 Å². The molecular formula is C18H14O16. The first kappa shape index (κ1) is 30.7. The van der Waals surface area contributed by atoms with Crippen LogP contribution in [0.2, 0.25) is 0 Å². The third-order valence-corrected chi connectivity index (χ3v) is 3.13. The Balaban J connectivity index is 0. The lowest BCUT2D eigenvalue weighted by Crippen LogP contribution is -2.27. The zero-order valence-corrected chi connectivity index (χ0v) is 16.4. The van der Waals surface area contributed by atoms with Gasteiger partial charge in [-0.1, -0.05) is 13.2 Å². The van der Waals surface area contributed by atoms with Crippen LogP contribution in [0.25, 0.3) is 0 Å². The number of hydrogen-bond donors (Lipinski definition) is 8. The van der Waals surface area contributed by atoms with Crippen molar-refractivity contribution in [2.45, 2.75) is 0 Å². The molecule has 0 saturated heterocycles. The second-order valence-electron chi connectivity index (χ2n) is 5.17. The molecule has 0 saturated carbocycles. The zero-order valence-electron chi connectivity index (χ0n) is 16.4. The lowest BCUT2D eigenvalue weighted by Gasteiger charge is -2.15. The van der Waals surface area contributed by atoms with Gasteiger partial charge >= 0.3 is 47.8 Å². The number of benzene rings is 1. The van der Waals surface area contributed by atoms with Crippen LogP contribution >= 0.6 is 0 Å². The van der Waals surface area contributed by atoms with Crippen molar-refractivity contribution in [2.24, 2.45) is 0 Å². The molecule has 0 aliphatic heterocycles. The largest absolute Gasteiger partial charge is 0.478 e. The van der Waals surface area contributed by atoms with Crippen LogP contribution in [0, 0.1) is 0 Å². The molecule has 1 rings (SSSR count). The summed E-state index contributed by atoms with van der Waals surface area (Å²) in [7, 11) is 0. The van der Waals surface area contributed by atoms with Crippen molar-refractivity contribution in [1.29, 1.82) is 0 Å². The Bertz CT molecular complexity index is 891. The van der Waals surface area contributed by atoms with Crippen LogP contribution in [-0.2, 0) is 9.59 Å². The Hall–Kier alpha value is -5.54. The number of aliphatic carboxylic acids is 2. The van der Waals surface area contributed by atoms with Crippen LogP contribution in [0.15, 0.2) is 25.3 Å². The molecule has 0 aliphatic carbocycles. The molecule has 0 fully saturated rings. The molecule has 0 atom stereocenters. The molecule has 0 bridgehead atoms. The molecule has 1 aromatic rings. The van der Waals surface area contributed by atoms with Gasteiger partial charge in [-0.15, -0.1) is 0 Å². The first-order valence-corrected chi connectivity index (χ1v) is 7.82. The normalized spacial score (nSPS) is 8.94. The SMILES string of the molecule is C=CC(=O)O.C=CC(=O)O.O=C(O)c1c(C(=O)O)c(C(=O)O)c(C(=O)O)c(C(=O)O)c1C(=O)O. The van der Waals surface area contributed by atoms with E-state index in [-0.39, 0.29) is 0 Å². The van der Waals surface area contributed by atoms with E-state index < -0.39 is 81.1 Å². The summed E-state index contributed by atoms with van der Waals surface area (Å²) in [5.41, 5.74) is -9.95. The van der Waals surface area contributed by atoms with E-state index in [1.807, 2.05) is 0 Å². The summed E-state index contributed by atoms with van der Waals surface area (Å²) in [4.78, 5) is 85.8. The molecule has 0 unspecified atom stereocenters. The van der Waals surface area contributed by atoms with Crippen molar-refractivity contribution in [3.8, 4) is 0 Å². The molecule has 0 heterocycles. The average molecular weight is 486 g/mol. The number of carboxylic acid groups (broad SMARTS) is 8. The zero-order chi connectivity index (χ0) is 27.5. The molecule has 0 aliphatic rings. The highest BCUT2D eigenvalue weighted by Crippen LogP contribution is 2.30. The predicted molar refractivity (Wildman–Crippen MR) is 104 cm³/mol. The smallest absolute Gasteiger partial charge is 0.337 e. The summed E-state index contributed by atoms with van der Waals surface area (Å²) in [5, 5.41) is 69.4. The number of carbonyl (C=O) groups is 8. The number of hydrogen-bond acceptors (Lipinski definition) is 8. The van der Waals surface area contributed by atoms with Crippen molar-refractivity contribution in [3.05, 3.63) is 58.7 Å². The van der Waals surface area contributed by atoms with Gasteiger partial charge in [0.2, 0.25) is 0 Å². The van der Waals surface area contributed by atoms with Crippen molar-refractivity contribution in [3.63, 3.8) is 0 Å². The molecule has 16 nitrogen and oxygen atoms in total. The number of carboxylic acids is 8. The molecule has 0 spiro atoms. The quantitative estimate of drug-likeness (QED) is 0.230. The fraction of sp³-hybridized carbons (Fsp3) is 0. The molecular weight excluding hydrogens is 472 g/mol. The third kappa shape index (κ3) is 7.95. The van der Waals surface area contributed by atoms with Gasteiger partial charge in [-0.05, 0) is 0 Å². The van der Waals surface area contributed by atoms with Crippen LogP contribution in [0.1, 0.15) is 62.1 Å². The Kier molecular flexibility index (Phi) is 11.7. The van der Waals surface area contributed by atoms with Crippen molar-refractivity contribution in [1.82, 2.24) is 0 Å². The average Bonchev–Trinajstić information content (AvgIpc) is 2.71. The first-order chi connectivity index (χ1) is 15.5. The summed E-state index contributed by atoms with van der Waals surface area (Å²) in [6, 6.07) is 0. The van der Waals surface area contributed by atoms with Crippen LogP contribution in [0.5, 0.6) is 0 Å². The Labute approximate surface area is 186 Å². The van der Waals surface area contributed by atoms with Crippen LogP contribution < -0.4 is 0 Å². The maximum absolute atomic E-state index is 11.2. The van der Waals surface area contributed by atoms with Gasteiger partial charge in [-0.3, -0.25) is 0 Å². The topological polar surface area (TPSA) is 298 Å². The molecule has 0 radical (unpaired) electrons. The third-order valence-electron chi connectivity index (χ3n) is 3.13. The van der Waals surface area contributed by atoms with E-state index in [9.17, 15) is 38.4 Å². The first-order valence-electron chi connectivity index (χ1n) is 7.82. The van der Waals surface area contributed by atoms with E-state index >= 15 is 0 Å². The second-order valence-corrected chi connectivity index (χ2v) is 5.17. The predicted octanol–water partition coefficient (Wildman–Crippen LogP) is 0.390. The minimum absolute atomic E-state index is 0.833. The van der Waals surface area contributed by atoms with Crippen LogP contribution in [0.3, 0.4) is 0 Å². The Morgan fingerprint density at radius 1 is 0.382 bits per heavy atom. The maximum Gasteiger partial charge on any atom is 0.337 e. The second kappa shape index (κ2) is 13.0. The van der Waals surface area contributed by atoms with Crippen molar-refractivity contribution in [2.75, 3.05) is 0 Å². The van der Waals surface area contributed by atoms with E-state index in [1.165, 1.54) is 0 Å². The van der Waals surface area contributed by atoms with E-state index in [0.717, 1.165) is 12.2 Å². The standard InChI is InChI=1S/C12H6O12.2C3H4O2/c13-7(14)1-2(8(15)16)4(10(19)20)6(12(23)24)5(11(21)22)3(1)9(17)18;2*1-2-3(4)5/h(H,13,14)(H,15,16)(H,17,18)(H,19,20)(H,21,22)(H,23,24);2*2H,1H2,(H,4,5). The molecule has 1 aromatic carbocycles. The fourth-order valence-electron chi connectivity index (χ4n) is 2.03. The van der Waals surface area contributed by atoms with Gasteiger partial charge in [-0.25, -0.2) is 38.4 Å². The number of rotatable bonds is 8. The van der Waals surface area contributed by atoms with Gasteiger partial charge in [-0.2, -0.15) is 0 Å². The van der Waals surface area contributed by atoms with Crippen LogP contribution in [0.4, 0.5) is 0 Å². The van der Waals surface area contributed by atoms with Gasteiger partial charge in [0, 0.05) is 12.2 Å². The minimum Gasteiger partial charge on any atom is -0.478 e. The minimum atomic E-state index is -2.26. The lowest BCUT2D eigenvalue weighted by molar-refractivity contribution is -0.132. The van der Waals surface area contributed by atoms with E-state index in [1.54, 1.807) is 0 Å². The summed E-state index contributed by atoms with van der Waals surface area (Å²) < 4.78 is 0. The molecule has 182 valence electrons. The molecule has 0 amide bonds. The van der Waals surface area contributed by atoms with Crippen LogP contribution in [-0.4, -0.2) is 88.6 Å². The maximum atomic E-state index is 11.2. The van der Waals surface area contributed by atoms with Crippen molar-refractivity contribution < 1.29 is 79.2 Å². The lowest BCUT2D eigenvalue weighted by atomic mass is 9.86. The molecule has 34 heavy (non-hydrogen) atoms. The Morgan fingerprint density at radius 2 is 0.471 bits per heavy atom. The molecule has 16 heteroatoms. The van der Waals surface area contributed by atoms with Gasteiger partial charge < -0.3 is 40.9 Å². The molecule has 0 aromatic heterocycles. The van der Waals surface area contributed by atoms with E-state index in [2.05, 4.69) is 13.2 Å². The highest BCUT2D eigenvalue weighted by atomic mass is 16.4. The fourth-order valence-corrected chi connectivity index (χ4v) is 2.03.